The lowest BCUT2D eigenvalue weighted by atomic mass is 9.84. The Morgan fingerprint density at radius 3 is 2.86 bits per heavy atom. The van der Waals surface area contributed by atoms with E-state index in [9.17, 15) is 0 Å². The molecule has 0 fully saturated rings. The SMILES string of the molecule is CCCN=COOCC1c2ccccc2C2C=CC=CC21.[HH]. The van der Waals surface area contributed by atoms with E-state index in [4.69, 9.17) is 9.78 Å². The number of benzene rings is 1. The first-order chi connectivity index (χ1) is 10.4. The Labute approximate surface area is 127 Å². The van der Waals surface area contributed by atoms with Crippen LogP contribution in [0.2, 0.25) is 0 Å². The summed E-state index contributed by atoms with van der Waals surface area (Å²) in [5.41, 5.74) is 2.79. The van der Waals surface area contributed by atoms with Crippen molar-refractivity contribution in [2.24, 2.45) is 10.9 Å². The molecule has 1 aromatic carbocycles. The van der Waals surface area contributed by atoms with Crippen molar-refractivity contribution in [2.45, 2.75) is 25.2 Å². The smallest absolute Gasteiger partial charge is 0.214 e. The molecule has 1 aromatic rings. The van der Waals surface area contributed by atoms with Gasteiger partial charge < -0.3 is 4.89 Å². The normalized spacial score (nSPS) is 26.0. The fourth-order valence-electron chi connectivity index (χ4n) is 3.24. The van der Waals surface area contributed by atoms with E-state index < -0.39 is 0 Å². The number of allylic oxidation sites excluding steroid dienone is 4. The van der Waals surface area contributed by atoms with Gasteiger partial charge in [0.25, 0.3) is 0 Å². The van der Waals surface area contributed by atoms with Crippen LogP contribution in [0.1, 0.15) is 37.7 Å². The van der Waals surface area contributed by atoms with Crippen LogP contribution in [-0.2, 0) is 9.78 Å². The molecule has 3 unspecified atom stereocenters. The van der Waals surface area contributed by atoms with Gasteiger partial charge in [-0.05, 0) is 23.5 Å². The van der Waals surface area contributed by atoms with Gasteiger partial charge in [-0.1, -0.05) is 55.5 Å². The van der Waals surface area contributed by atoms with Crippen LogP contribution in [0.4, 0.5) is 0 Å². The summed E-state index contributed by atoms with van der Waals surface area (Å²) in [5, 5.41) is 0. The van der Waals surface area contributed by atoms with E-state index in [1.807, 2.05) is 0 Å². The molecular weight excluding hydrogens is 262 g/mol. The zero-order valence-electron chi connectivity index (χ0n) is 12.3. The fourth-order valence-corrected chi connectivity index (χ4v) is 3.24. The van der Waals surface area contributed by atoms with E-state index >= 15 is 0 Å². The van der Waals surface area contributed by atoms with E-state index in [1.54, 1.807) is 0 Å². The molecule has 2 aliphatic carbocycles. The third kappa shape index (κ3) is 2.93. The van der Waals surface area contributed by atoms with Crippen molar-refractivity contribution in [2.75, 3.05) is 13.2 Å². The van der Waals surface area contributed by atoms with E-state index in [-0.39, 0.29) is 1.43 Å². The largest absolute Gasteiger partial charge is 0.325 e. The Morgan fingerprint density at radius 2 is 2.00 bits per heavy atom. The van der Waals surface area contributed by atoms with E-state index in [0.29, 0.717) is 24.4 Å². The van der Waals surface area contributed by atoms with Crippen molar-refractivity contribution in [3.05, 3.63) is 59.7 Å². The first-order valence-electron chi connectivity index (χ1n) is 7.62. The molecule has 112 valence electrons. The van der Waals surface area contributed by atoms with Crippen LogP contribution >= 0.6 is 0 Å². The van der Waals surface area contributed by atoms with Gasteiger partial charge in [0.2, 0.25) is 6.40 Å². The molecule has 0 N–H and O–H groups in total. The maximum Gasteiger partial charge on any atom is 0.214 e. The minimum atomic E-state index is 0. The average Bonchev–Trinajstić information content (AvgIpc) is 2.85. The zero-order chi connectivity index (χ0) is 14.5. The van der Waals surface area contributed by atoms with Crippen molar-refractivity contribution < 1.29 is 11.2 Å². The third-order valence-corrected chi connectivity index (χ3v) is 4.18. The number of hydrogen-bond donors (Lipinski definition) is 0. The summed E-state index contributed by atoms with van der Waals surface area (Å²) in [6.45, 7) is 3.40. The van der Waals surface area contributed by atoms with E-state index in [1.165, 1.54) is 17.5 Å². The molecule has 0 heterocycles. The minimum Gasteiger partial charge on any atom is -0.325 e. The van der Waals surface area contributed by atoms with Gasteiger partial charge in [-0.3, -0.25) is 4.99 Å². The van der Waals surface area contributed by atoms with Gasteiger partial charge in [-0.25, -0.2) is 0 Å². The summed E-state index contributed by atoms with van der Waals surface area (Å²) in [6, 6.07) is 8.63. The molecule has 0 aliphatic heterocycles. The molecule has 0 aromatic heterocycles. The molecule has 2 aliphatic rings. The molecule has 3 nitrogen and oxygen atoms in total. The molecule has 0 saturated heterocycles. The fraction of sp³-hybridized carbons (Fsp3) is 0.389. The van der Waals surface area contributed by atoms with Crippen LogP contribution < -0.4 is 0 Å². The van der Waals surface area contributed by atoms with Crippen molar-refractivity contribution >= 4 is 6.40 Å². The lowest BCUT2D eigenvalue weighted by Gasteiger charge is -2.21. The summed E-state index contributed by atoms with van der Waals surface area (Å²) in [4.78, 5) is 14.5. The maximum absolute atomic E-state index is 5.36. The molecule has 0 bridgehead atoms. The highest BCUT2D eigenvalue weighted by Crippen LogP contribution is 2.49. The standard InChI is InChI=1S/C18H21NO2.H2/c1-2-11-19-13-21-20-12-18-16-9-5-3-7-14(16)15-8-4-6-10-17(15)18;/h3-10,13-14,16,18H,2,11-12H2,1H3;1H. The topological polar surface area (TPSA) is 30.8 Å². The van der Waals surface area contributed by atoms with Crippen LogP contribution in [0, 0.1) is 5.92 Å². The van der Waals surface area contributed by atoms with Crippen LogP contribution in [0.15, 0.2) is 53.6 Å². The number of aliphatic imine (C=N–C) groups is 1. The Morgan fingerprint density at radius 1 is 1.19 bits per heavy atom. The van der Waals surface area contributed by atoms with Gasteiger partial charge in [-0.2, -0.15) is 4.89 Å². The summed E-state index contributed by atoms with van der Waals surface area (Å²) in [6.07, 6.45) is 11.2. The van der Waals surface area contributed by atoms with Gasteiger partial charge in [0.05, 0.1) is 0 Å². The number of rotatable bonds is 6. The summed E-state index contributed by atoms with van der Waals surface area (Å²) in [7, 11) is 0. The molecule has 0 amide bonds. The molecule has 3 rings (SSSR count). The highest BCUT2D eigenvalue weighted by atomic mass is 17.2. The Kier molecular flexibility index (Phi) is 4.51. The summed E-state index contributed by atoms with van der Waals surface area (Å²) in [5.74, 6) is 1.27. The summed E-state index contributed by atoms with van der Waals surface area (Å²) < 4.78 is 0. The van der Waals surface area contributed by atoms with E-state index in [2.05, 4.69) is 60.5 Å². The average molecular weight is 285 g/mol. The van der Waals surface area contributed by atoms with Gasteiger partial charge in [-0.15, -0.1) is 0 Å². The minimum absolute atomic E-state index is 0. The lowest BCUT2D eigenvalue weighted by molar-refractivity contribution is -0.221. The Bertz CT molecular complexity index is 568. The highest BCUT2D eigenvalue weighted by molar-refractivity contribution is 5.46. The van der Waals surface area contributed by atoms with Gasteiger partial charge >= 0.3 is 0 Å². The molecule has 0 radical (unpaired) electrons. The van der Waals surface area contributed by atoms with Crippen LogP contribution in [0.3, 0.4) is 0 Å². The molecule has 21 heavy (non-hydrogen) atoms. The first kappa shape index (κ1) is 14.1. The molecule has 0 spiro atoms. The molecular formula is C18H23NO2. The van der Waals surface area contributed by atoms with Crippen LogP contribution in [0.25, 0.3) is 0 Å². The molecule has 0 saturated carbocycles. The molecule has 3 heteroatoms. The second-order valence-electron chi connectivity index (χ2n) is 5.50. The van der Waals surface area contributed by atoms with Crippen molar-refractivity contribution in [3.63, 3.8) is 0 Å². The predicted molar refractivity (Wildman–Crippen MR) is 86.5 cm³/mol. The van der Waals surface area contributed by atoms with Crippen molar-refractivity contribution in [3.8, 4) is 0 Å². The molecule has 3 atom stereocenters. The van der Waals surface area contributed by atoms with Gasteiger partial charge in [0.15, 0.2) is 0 Å². The third-order valence-electron chi connectivity index (χ3n) is 4.18. The monoisotopic (exact) mass is 285 g/mol. The number of fused-ring (bicyclic) bond motifs is 3. The summed E-state index contributed by atoms with van der Waals surface area (Å²) >= 11 is 0. The van der Waals surface area contributed by atoms with Crippen LogP contribution in [0.5, 0.6) is 0 Å². The Hall–Kier alpha value is -1.87. The maximum atomic E-state index is 5.36. The van der Waals surface area contributed by atoms with E-state index in [0.717, 1.165) is 13.0 Å². The van der Waals surface area contributed by atoms with Crippen molar-refractivity contribution in [1.29, 1.82) is 0 Å². The van der Waals surface area contributed by atoms with Gasteiger partial charge in [0.1, 0.15) is 6.61 Å². The van der Waals surface area contributed by atoms with Crippen molar-refractivity contribution in [1.82, 2.24) is 0 Å². The first-order valence-corrected chi connectivity index (χ1v) is 7.62. The zero-order valence-corrected chi connectivity index (χ0v) is 12.3. The second kappa shape index (κ2) is 6.72. The number of nitrogens with zero attached hydrogens (tertiary/aromatic N) is 1. The highest BCUT2D eigenvalue weighted by Gasteiger charge is 2.38. The second-order valence-corrected chi connectivity index (χ2v) is 5.50. The number of hydrogen-bond acceptors (Lipinski definition) is 3. The van der Waals surface area contributed by atoms with Gasteiger partial charge in [0, 0.05) is 19.8 Å². The quantitative estimate of drug-likeness (QED) is 0.257. The Balaban J connectivity index is 0.00000176. The van der Waals surface area contributed by atoms with Crippen LogP contribution in [-0.4, -0.2) is 19.6 Å². The lowest BCUT2D eigenvalue weighted by Crippen LogP contribution is -2.15. The predicted octanol–water partition coefficient (Wildman–Crippen LogP) is 4.24.